The molecule has 0 aromatic rings. The van der Waals surface area contributed by atoms with Gasteiger partial charge in [0.1, 0.15) is 11.6 Å². The van der Waals surface area contributed by atoms with Crippen molar-refractivity contribution in [1.82, 2.24) is 10.2 Å². The SMILES string of the molecule is COC(=O)C(C(C)C)N(C)CCCNC(=O)OC(C)(C)C. The first-order chi connectivity index (χ1) is 9.58. The molecule has 1 atom stereocenters. The second kappa shape index (κ2) is 8.87. The van der Waals surface area contributed by atoms with Gasteiger partial charge in [-0.2, -0.15) is 0 Å². The summed E-state index contributed by atoms with van der Waals surface area (Å²) in [6.45, 7) is 10.6. The Labute approximate surface area is 128 Å². The average Bonchev–Trinajstić information content (AvgIpc) is 2.32. The molecular weight excluding hydrogens is 272 g/mol. The summed E-state index contributed by atoms with van der Waals surface area (Å²) in [5.41, 5.74) is -0.492. The summed E-state index contributed by atoms with van der Waals surface area (Å²) in [4.78, 5) is 25.2. The highest BCUT2D eigenvalue weighted by atomic mass is 16.6. The lowest BCUT2D eigenvalue weighted by atomic mass is 10.0. The number of likely N-dealkylation sites (N-methyl/N-ethyl adjacent to an activating group) is 1. The topological polar surface area (TPSA) is 67.9 Å². The lowest BCUT2D eigenvalue weighted by molar-refractivity contribution is -0.148. The van der Waals surface area contributed by atoms with Gasteiger partial charge in [0.15, 0.2) is 0 Å². The second-order valence-electron chi connectivity index (χ2n) is 6.47. The third kappa shape index (κ3) is 8.55. The lowest BCUT2D eigenvalue weighted by Crippen LogP contribution is -2.44. The van der Waals surface area contributed by atoms with E-state index in [4.69, 9.17) is 9.47 Å². The van der Waals surface area contributed by atoms with E-state index in [9.17, 15) is 9.59 Å². The molecule has 0 spiro atoms. The number of carbonyl (C=O) groups excluding carboxylic acids is 2. The van der Waals surface area contributed by atoms with Gasteiger partial charge in [0.05, 0.1) is 7.11 Å². The summed E-state index contributed by atoms with van der Waals surface area (Å²) in [6.07, 6.45) is 0.314. The minimum absolute atomic E-state index is 0.168. The van der Waals surface area contributed by atoms with Crippen LogP contribution in [-0.2, 0) is 14.3 Å². The van der Waals surface area contributed by atoms with E-state index in [1.807, 2.05) is 46.6 Å². The highest BCUT2D eigenvalue weighted by molar-refractivity contribution is 5.75. The maximum Gasteiger partial charge on any atom is 0.407 e. The van der Waals surface area contributed by atoms with Gasteiger partial charge in [-0.3, -0.25) is 9.69 Å². The third-order valence-corrected chi connectivity index (χ3v) is 2.90. The number of hydrogen-bond donors (Lipinski definition) is 1. The fourth-order valence-corrected chi connectivity index (χ4v) is 2.05. The molecule has 0 aliphatic carbocycles. The molecule has 6 nitrogen and oxygen atoms in total. The summed E-state index contributed by atoms with van der Waals surface area (Å²) < 4.78 is 9.97. The van der Waals surface area contributed by atoms with Crippen molar-refractivity contribution >= 4 is 12.1 Å². The van der Waals surface area contributed by atoms with E-state index in [2.05, 4.69) is 5.32 Å². The predicted molar refractivity (Wildman–Crippen MR) is 82.1 cm³/mol. The van der Waals surface area contributed by atoms with Crippen LogP contribution in [0, 0.1) is 5.92 Å². The van der Waals surface area contributed by atoms with Crippen molar-refractivity contribution in [1.29, 1.82) is 0 Å². The number of amides is 1. The van der Waals surface area contributed by atoms with E-state index >= 15 is 0 Å². The zero-order valence-corrected chi connectivity index (χ0v) is 14.4. The molecule has 0 radical (unpaired) electrons. The Balaban J connectivity index is 4.10. The van der Waals surface area contributed by atoms with Crippen molar-refractivity contribution in [2.24, 2.45) is 5.92 Å². The Morgan fingerprint density at radius 3 is 2.24 bits per heavy atom. The summed E-state index contributed by atoms with van der Waals surface area (Å²) in [6, 6.07) is -0.267. The van der Waals surface area contributed by atoms with Crippen molar-refractivity contribution in [3.8, 4) is 0 Å². The number of nitrogens with zero attached hydrogens (tertiary/aromatic N) is 1. The Morgan fingerprint density at radius 2 is 1.81 bits per heavy atom. The minimum Gasteiger partial charge on any atom is -0.468 e. The van der Waals surface area contributed by atoms with Crippen LogP contribution in [-0.4, -0.2) is 55.9 Å². The second-order valence-corrected chi connectivity index (χ2v) is 6.47. The fourth-order valence-electron chi connectivity index (χ4n) is 2.05. The van der Waals surface area contributed by atoms with Crippen LogP contribution in [0.5, 0.6) is 0 Å². The minimum atomic E-state index is -0.492. The van der Waals surface area contributed by atoms with Crippen molar-refractivity contribution in [2.45, 2.75) is 52.7 Å². The normalized spacial score (nSPS) is 13.2. The smallest absolute Gasteiger partial charge is 0.407 e. The van der Waals surface area contributed by atoms with Crippen LogP contribution in [0.2, 0.25) is 0 Å². The van der Waals surface area contributed by atoms with Crippen LogP contribution in [0.3, 0.4) is 0 Å². The number of hydrogen-bond acceptors (Lipinski definition) is 5. The molecule has 0 aliphatic rings. The molecule has 0 saturated heterocycles. The molecule has 0 aromatic carbocycles. The van der Waals surface area contributed by atoms with E-state index in [1.54, 1.807) is 0 Å². The van der Waals surface area contributed by atoms with E-state index < -0.39 is 11.7 Å². The maximum atomic E-state index is 11.7. The van der Waals surface area contributed by atoms with Crippen molar-refractivity contribution in [2.75, 3.05) is 27.2 Å². The van der Waals surface area contributed by atoms with Gasteiger partial charge < -0.3 is 14.8 Å². The molecule has 1 amide bonds. The highest BCUT2D eigenvalue weighted by Gasteiger charge is 2.26. The summed E-state index contributed by atoms with van der Waals surface area (Å²) in [7, 11) is 3.28. The van der Waals surface area contributed by atoms with Crippen LogP contribution >= 0.6 is 0 Å². The molecular formula is C15H30N2O4. The Hall–Kier alpha value is -1.30. The van der Waals surface area contributed by atoms with Crippen LogP contribution in [0.4, 0.5) is 4.79 Å². The molecule has 21 heavy (non-hydrogen) atoms. The maximum absolute atomic E-state index is 11.7. The molecule has 1 unspecified atom stereocenters. The molecule has 1 N–H and O–H groups in total. The number of alkyl carbamates (subject to hydrolysis) is 1. The van der Waals surface area contributed by atoms with Crippen molar-refractivity contribution < 1.29 is 19.1 Å². The molecule has 0 aliphatic heterocycles. The van der Waals surface area contributed by atoms with Crippen LogP contribution in [0.25, 0.3) is 0 Å². The monoisotopic (exact) mass is 302 g/mol. The van der Waals surface area contributed by atoms with E-state index in [0.29, 0.717) is 13.1 Å². The van der Waals surface area contributed by atoms with E-state index in [-0.39, 0.29) is 17.9 Å². The van der Waals surface area contributed by atoms with Crippen molar-refractivity contribution in [3.63, 3.8) is 0 Å². The summed E-state index contributed by atoms with van der Waals surface area (Å²) in [5, 5.41) is 2.70. The van der Waals surface area contributed by atoms with E-state index in [1.165, 1.54) is 7.11 Å². The zero-order chi connectivity index (χ0) is 16.6. The number of nitrogens with one attached hydrogen (secondary N) is 1. The van der Waals surface area contributed by atoms with Gasteiger partial charge in [-0.25, -0.2) is 4.79 Å². The Morgan fingerprint density at radius 1 is 1.24 bits per heavy atom. The standard InChI is InChI=1S/C15H30N2O4/c1-11(2)12(13(18)20-7)17(6)10-8-9-16-14(19)21-15(3,4)5/h11-12H,8-10H2,1-7H3,(H,16,19). The first-order valence-electron chi connectivity index (χ1n) is 7.33. The predicted octanol–water partition coefficient (Wildman–Crippen LogP) is 2.03. The number of carbonyl (C=O) groups is 2. The quantitative estimate of drug-likeness (QED) is 0.576. The fraction of sp³-hybridized carbons (Fsp3) is 0.867. The van der Waals surface area contributed by atoms with Crippen LogP contribution in [0.15, 0.2) is 0 Å². The van der Waals surface area contributed by atoms with Crippen LogP contribution < -0.4 is 5.32 Å². The number of esters is 1. The molecule has 0 aromatic heterocycles. The molecule has 0 rings (SSSR count). The van der Waals surface area contributed by atoms with E-state index in [0.717, 1.165) is 6.42 Å². The first-order valence-corrected chi connectivity index (χ1v) is 7.33. The van der Waals surface area contributed by atoms with Gasteiger partial charge in [0.2, 0.25) is 0 Å². The number of rotatable bonds is 7. The Kier molecular flexibility index (Phi) is 8.32. The van der Waals surface area contributed by atoms with Crippen LogP contribution in [0.1, 0.15) is 41.0 Å². The van der Waals surface area contributed by atoms with Gasteiger partial charge in [-0.15, -0.1) is 0 Å². The highest BCUT2D eigenvalue weighted by Crippen LogP contribution is 2.11. The molecule has 0 heterocycles. The van der Waals surface area contributed by atoms with Gasteiger partial charge in [-0.1, -0.05) is 13.8 Å². The summed E-state index contributed by atoms with van der Waals surface area (Å²) in [5.74, 6) is -0.0612. The van der Waals surface area contributed by atoms with Gasteiger partial charge in [0, 0.05) is 13.1 Å². The number of methoxy groups -OCH3 is 1. The molecule has 0 fully saturated rings. The third-order valence-electron chi connectivity index (χ3n) is 2.90. The largest absolute Gasteiger partial charge is 0.468 e. The molecule has 124 valence electrons. The van der Waals surface area contributed by atoms with Crippen molar-refractivity contribution in [3.05, 3.63) is 0 Å². The Bertz CT molecular complexity index is 337. The summed E-state index contributed by atoms with van der Waals surface area (Å²) >= 11 is 0. The van der Waals surface area contributed by atoms with Gasteiger partial charge in [0.25, 0.3) is 0 Å². The number of ether oxygens (including phenoxy) is 2. The molecule has 0 bridgehead atoms. The van der Waals surface area contributed by atoms with Gasteiger partial charge >= 0.3 is 12.1 Å². The van der Waals surface area contributed by atoms with Gasteiger partial charge in [-0.05, 0) is 40.2 Å². The molecule has 6 heteroatoms. The first kappa shape index (κ1) is 19.7. The zero-order valence-electron chi connectivity index (χ0n) is 14.4. The molecule has 0 saturated carbocycles. The average molecular weight is 302 g/mol. The lowest BCUT2D eigenvalue weighted by Gasteiger charge is -2.28.